The van der Waals surface area contributed by atoms with Gasteiger partial charge in [0, 0.05) is 38.5 Å². The molecule has 34 heavy (non-hydrogen) atoms. The molecule has 0 aliphatic carbocycles. The summed E-state index contributed by atoms with van der Waals surface area (Å²) in [5, 5.41) is 37.8. The zero-order valence-electron chi connectivity index (χ0n) is 19.0. The van der Waals surface area contributed by atoms with Crippen LogP contribution in [0.1, 0.15) is 25.7 Å². The molecule has 1 radical (unpaired) electrons. The largest absolute Gasteiger partial charge is 0.477 e. The molecule has 5 atom stereocenters. The summed E-state index contributed by atoms with van der Waals surface area (Å²) < 4.78 is 62.4. The van der Waals surface area contributed by atoms with Gasteiger partial charge in [0.2, 0.25) is 0 Å². The lowest BCUT2D eigenvalue weighted by Gasteiger charge is -2.47. The lowest BCUT2D eigenvalue weighted by atomic mass is 10.5. The van der Waals surface area contributed by atoms with E-state index in [1.807, 2.05) is 0 Å². The molecule has 0 spiro atoms. The van der Waals surface area contributed by atoms with Crippen LogP contribution in [-0.2, 0) is 41.2 Å². The molecule has 3 aliphatic heterocycles. The van der Waals surface area contributed by atoms with Gasteiger partial charge in [0.15, 0.2) is 0 Å². The zero-order valence-corrected chi connectivity index (χ0v) is 28.3. The Hall–Kier alpha value is 1.18. The second kappa shape index (κ2) is 15.6. The summed E-state index contributed by atoms with van der Waals surface area (Å²) >= 11 is 0. The van der Waals surface area contributed by atoms with Crippen molar-refractivity contribution in [3.05, 3.63) is 0 Å². The van der Waals surface area contributed by atoms with E-state index in [1.54, 1.807) is 0 Å². The SMILES string of the molecule is OCCC[Si]1O[SiH2]O[SiH]2O[SiH]3O[SiH2]O[SiH](CCCO)O[Si](CCCO)(O3)O[Si](CCCO)(O1)O2. The maximum atomic E-state index is 9.58. The van der Waals surface area contributed by atoms with E-state index in [-0.39, 0.29) is 38.5 Å². The monoisotopic (exact) mass is 627 g/mol. The van der Waals surface area contributed by atoms with Crippen molar-refractivity contribution < 1.29 is 61.6 Å². The highest BCUT2D eigenvalue weighted by Crippen LogP contribution is 2.34. The average Bonchev–Trinajstić information content (AvgIpc) is 2.79. The molecular formula is C12H35O14Si8. The number of hydrogen-bond donors (Lipinski definition) is 4. The van der Waals surface area contributed by atoms with Gasteiger partial charge < -0.3 is 61.6 Å². The molecule has 3 saturated heterocycles. The van der Waals surface area contributed by atoms with Crippen LogP contribution in [0.5, 0.6) is 0 Å². The molecule has 22 heteroatoms. The van der Waals surface area contributed by atoms with Crippen molar-refractivity contribution in [2.45, 2.75) is 49.9 Å². The summed E-state index contributed by atoms with van der Waals surface area (Å²) in [5.41, 5.74) is 0. The van der Waals surface area contributed by atoms with Gasteiger partial charge in [0.05, 0.1) is 0 Å². The third-order valence-electron chi connectivity index (χ3n) is 4.97. The van der Waals surface area contributed by atoms with Gasteiger partial charge >= 0.3 is 55.2 Å². The van der Waals surface area contributed by atoms with Crippen molar-refractivity contribution >= 4 is 75.2 Å². The Morgan fingerprint density at radius 3 is 2.06 bits per heavy atom. The molecule has 14 nitrogen and oxygen atoms in total. The normalized spacial score (nSPS) is 36.9. The molecule has 3 aliphatic rings. The fourth-order valence-corrected chi connectivity index (χ4v) is 32.9. The summed E-state index contributed by atoms with van der Waals surface area (Å²) in [6.07, 6.45) is 1.74. The molecule has 0 saturated carbocycles. The first kappa shape index (κ1) is 29.7. The number of rotatable bonds is 12. The highest BCUT2D eigenvalue weighted by molar-refractivity contribution is 6.87. The molecule has 4 bridgehead atoms. The minimum absolute atomic E-state index is 0.00207. The van der Waals surface area contributed by atoms with Crippen molar-refractivity contribution in [2.75, 3.05) is 26.4 Å². The Morgan fingerprint density at radius 1 is 0.706 bits per heavy atom. The van der Waals surface area contributed by atoms with Crippen LogP contribution in [0.25, 0.3) is 0 Å². The third kappa shape index (κ3) is 9.18. The minimum atomic E-state index is -3.60. The van der Waals surface area contributed by atoms with Gasteiger partial charge in [-0.1, -0.05) is 0 Å². The third-order valence-corrected chi connectivity index (χ3v) is 28.9. The minimum Gasteiger partial charge on any atom is -0.422 e. The molecule has 3 fully saturated rings. The Balaban J connectivity index is 1.94. The van der Waals surface area contributed by atoms with E-state index in [2.05, 4.69) is 0 Å². The highest BCUT2D eigenvalue weighted by Gasteiger charge is 2.60. The molecule has 0 amide bonds. The zero-order chi connectivity index (χ0) is 24.3. The van der Waals surface area contributed by atoms with Crippen LogP contribution >= 0.6 is 0 Å². The summed E-state index contributed by atoms with van der Waals surface area (Å²) in [6.45, 7) is -0.175. The van der Waals surface area contributed by atoms with Crippen LogP contribution in [0.3, 0.4) is 0 Å². The van der Waals surface area contributed by atoms with E-state index in [0.717, 1.165) is 0 Å². The second-order valence-corrected chi connectivity index (χ2v) is 26.4. The Labute approximate surface area is 212 Å². The molecule has 3 rings (SSSR count). The number of fused-ring (bicyclic) bond motifs is 4. The first-order valence-electron chi connectivity index (χ1n) is 11.4. The predicted molar refractivity (Wildman–Crippen MR) is 133 cm³/mol. The Kier molecular flexibility index (Phi) is 13.6. The highest BCUT2D eigenvalue weighted by atomic mass is 28.6. The van der Waals surface area contributed by atoms with Gasteiger partial charge in [0.25, 0.3) is 20.0 Å². The van der Waals surface area contributed by atoms with E-state index in [1.165, 1.54) is 0 Å². The molecule has 4 N–H and O–H groups in total. The molecule has 0 aromatic carbocycles. The maximum Gasteiger partial charge on any atom is 0.477 e. The fraction of sp³-hybridized carbons (Fsp3) is 1.00. The van der Waals surface area contributed by atoms with Gasteiger partial charge in [-0.2, -0.15) is 0 Å². The van der Waals surface area contributed by atoms with Crippen LogP contribution in [0.2, 0.25) is 24.2 Å². The van der Waals surface area contributed by atoms with Gasteiger partial charge in [0.1, 0.15) is 0 Å². The van der Waals surface area contributed by atoms with Crippen molar-refractivity contribution in [3.63, 3.8) is 0 Å². The standard InChI is InChI=1S/C12H35O14Si8/c13-5-1-9-29-17-27-19-31-21-32-20-28-18-30(10-2-6-14)23-34(25-32,12-4-8-16)26-33(22-29,24-31)11-3-7-15/h13-16,29,31-32H,1-12,27-28H2. The quantitative estimate of drug-likeness (QED) is 0.153. The van der Waals surface area contributed by atoms with Gasteiger partial charge in [-0.15, -0.1) is 0 Å². The van der Waals surface area contributed by atoms with Crippen LogP contribution in [-0.4, -0.2) is 122 Å². The molecule has 5 unspecified atom stereocenters. The molecule has 199 valence electrons. The summed E-state index contributed by atoms with van der Waals surface area (Å²) in [6, 6.07) is 1.63. The number of aliphatic hydroxyl groups excluding tert-OH is 4. The van der Waals surface area contributed by atoms with Crippen LogP contribution in [0.4, 0.5) is 0 Å². The Bertz CT molecular complexity index is 535. The van der Waals surface area contributed by atoms with Crippen molar-refractivity contribution in [3.8, 4) is 0 Å². The van der Waals surface area contributed by atoms with E-state index in [0.29, 0.717) is 37.8 Å². The molecule has 0 aromatic heterocycles. The fourth-order valence-electron chi connectivity index (χ4n) is 3.40. The van der Waals surface area contributed by atoms with Gasteiger partial charge in [-0.05, 0) is 37.8 Å². The van der Waals surface area contributed by atoms with E-state index >= 15 is 0 Å². The predicted octanol–water partition coefficient (Wildman–Crippen LogP) is -4.26. The van der Waals surface area contributed by atoms with Gasteiger partial charge in [-0.3, -0.25) is 0 Å². The number of aliphatic hydroxyl groups is 4. The summed E-state index contributed by atoms with van der Waals surface area (Å²) in [7, 11) is -19.8. The van der Waals surface area contributed by atoms with Crippen molar-refractivity contribution in [1.82, 2.24) is 0 Å². The van der Waals surface area contributed by atoms with E-state index in [9.17, 15) is 20.4 Å². The lowest BCUT2D eigenvalue weighted by Crippen LogP contribution is -2.69. The maximum absolute atomic E-state index is 9.58. The first-order valence-corrected chi connectivity index (χ1v) is 23.7. The second-order valence-electron chi connectivity index (χ2n) is 7.67. The topological polar surface area (TPSA) is 173 Å². The molecular weight excluding hydrogens is 593 g/mol. The van der Waals surface area contributed by atoms with Gasteiger partial charge in [-0.25, -0.2) is 0 Å². The molecule has 3 heterocycles. The van der Waals surface area contributed by atoms with Crippen molar-refractivity contribution in [2.24, 2.45) is 0 Å². The van der Waals surface area contributed by atoms with E-state index < -0.39 is 75.2 Å². The van der Waals surface area contributed by atoms with Crippen molar-refractivity contribution in [1.29, 1.82) is 0 Å². The van der Waals surface area contributed by atoms with Crippen LogP contribution in [0.15, 0.2) is 0 Å². The summed E-state index contributed by atoms with van der Waals surface area (Å²) in [4.78, 5) is 0. The average molecular weight is 628 g/mol. The summed E-state index contributed by atoms with van der Waals surface area (Å²) in [5.74, 6) is 0. The van der Waals surface area contributed by atoms with Crippen LogP contribution in [0, 0.1) is 0 Å². The van der Waals surface area contributed by atoms with Crippen LogP contribution < -0.4 is 0 Å². The lowest BCUT2D eigenvalue weighted by molar-refractivity contribution is 0.0851. The smallest absolute Gasteiger partial charge is 0.422 e. The molecule has 0 aromatic rings. The Morgan fingerprint density at radius 2 is 1.35 bits per heavy atom. The number of hydrogen-bond acceptors (Lipinski definition) is 14. The van der Waals surface area contributed by atoms with E-state index in [4.69, 9.17) is 41.2 Å². The first-order chi connectivity index (χ1) is 16.6.